The maximum Gasteiger partial charge on any atom is 0.263 e. The molecule has 6 nitrogen and oxygen atoms in total. The molecule has 8 heteroatoms. The van der Waals surface area contributed by atoms with Gasteiger partial charge in [-0.05, 0) is 74.7 Å². The summed E-state index contributed by atoms with van der Waals surface area (Å²) in [6, 6.07) is 14.3. The Morgan fingerprint density at radius 3 is 2.66 bits per heavy atom. The van der Waals surface area contributed by atoms with Gasteiger partial charge in [-0.1, -0.05) is 12.1 Å². The van der Waals surface area contributed by atoms with Gasteiger partial charge in [0.1, 0.15) is 11.9 Å². The number of unbranched alkanes of at least 4 members (excludes halogenated alkanes) is 1. The van der Waals surface area contributed by atoms with Crippen molar-refractivity contribution in [2.75, 3.05) is 19.6 Å². The highest BCUT2D eigenvalue weighted by Crippen LogP contribution is 2.41. The normalized spacial score (nSPS) is 11.1. The lowest BCUT2D eigenvalue weighted by Crippen LogP contribution is -2.31. The van der Waals surface area contributed by atoms with Gasteiger partial charge >= 0.3 is 0 Å². The number of amides is 1. The van der Waals surface area contributed by atoms with Crippen molar-refractivity contribution in [2.45, 2.75) is 26.7 Å². The smallest absolute Gasteiger partial charge is 0.263 e. The molecule has 2 aromatic carbocycles. The van der Waals surface area contributed by atoms with Gasteiger partial charge in [0.15, 0.2) is 0 Å². The number of thiophene rings is 1. The van der Waals surface area contributed by atoms with E-state index in [4.69, 9.17) is 11.0 Å². The Labute approximate surface area is 208 Å². The first-order valence-corrected chi connectivity index (χ1v) is 12.5. The summed E-state index contributed by atoms with van der Waals surface area (Å²) in [5.74, 6) is -0.625. The molecule has 0 saturated carbocycles. The standard InChI is InChI=1S/C27H28FN5OS/c1-4-33(12-6-5-11-29)27(34)25-15-22(18-7-8-20(16-30)23(28)14-18)26(35-25)19-9-10-24-21(13-19)17(2)32(3)31-24/h7-10,13-15H,4-6,11-12,29H2,1-3H3. The molecule has 0 aliphatic heterocycles. The van der Waals surface area contributed by atoms with Crippen LogP contribution in [-0.2, 0) is 7.05 Å². The zero-order valence-electron chi connectivity index (χ0n) is 20.1. The molecule has 4 rings (SSSR count). The minimum atomic E-state index is -0.578. The van der Waals surface area contributed by atoms with Crippen LogP contribution in [0.5, 0.6) is 0 Å². The highest BCUT2D eigenvalue weighted by molar-refractivity contribution is 7.18. The Morgan fingerprint density at radius 1 is 1.20 bits per heavy atom. The third-order valence-electron chi connectivity index (χ3n) is 6.29. The summed E-state index contributed by atoms with van der Waals surface area (Å²) in [5, 5.41) is 14.7. The maximum absolute atomic E-state index is 14.5. The van der Waals surface area contributed by atoms with Crippen molar-refractivity contribution in [2.24, 2.45) is 12.8 Å². The second-order valence-corrected chi connectivity index (χ2v) is 9.53. The number of aryl methyl sites for hydroxylation is 2. The second-order valence-electron chi connectivity index (χ2n) is 8.48. The molecule has 0 bridgehead atoms. The number of hydrogen-bond donors (Lipinski definition) is 1. The fourth-order valence-corrected chi connectivity index (χ4v) is 5.31. The summed E-state index contributed by atoms with van der Waals surface area (Å²) in [5.41, 5.74) is 9.87. The molecular formula is C27H28FN5OS. The quantitative estimate of drug-likeness (QED) is 0.332. The van der Waals surface area contributed by atoms with E-state index in [9.17, 15) is 9.18 Å². The number of aromatic nitrogens is 2. The number of halogens is 1. The SMILES string of the molecule is CCN(CCCCN)C(=O)c1cc(-c2ccc(C#N)c(F)c2)c(-c2ccc3nn(C)c(C)c3c2)s1. The van der Waals surface area contributed by atoms with Crippen LogP contribution in [0.4, 0.5) is 4.39 Å². The first kappa shape index (κ1) is 24.6. The second kappa shape index (κ2) is 10.4. The molecule has 0 saturated heterocycles. The lowest BCUT2D eigenvalue weighted by atomic mass is 10.00. The molecule has 0 aliphatic rings. The fourth-order valence-electron chi connectivity index (χ4n) is 4.17. The predicted octanol–water partition coefficient (Wildman–Crippen LogP) is 5.49. The number of fused-ring (bicyclic) bond motifs is 1. The Kier molecular flexibility index (Phi) is 7.29. The number of nitriles is 1. The molecule has 180 valence electrons. The zero-order chi connectivity index (χ0) is 25.1. The molecule has 4 aromatic rings. The molecular weight excluding hydrogens is 461 g/mol. The molecule has 35 heavy (non-hydrogen) atoms. The molecule has 0 radical (unpaired) electrons. The number of nitrogens with two attached hydrogens (primary N) is 1. The third-order valence-corrected chi connectivity index (χ3v) is 7.46. The molecule has 2 N–H and O–H groups in total. The molecule has 2 heterocycles. The lowest BCUT2D eigenvalue weighted by molar-refractivity contribution is 0.0767. The average Bonchev–Trinajstić information content (AvgIpc) is 3.43. The Bertz CT molecular complexity index is 1430. The summed E-state index contributed by atoms with van der Waals surface area (Å²) in [7, 11) is 1.91. The monoisotopic (exact) mass is 489 g/mol. The van der Waals surface area contributed by atoms with Gasteiger partial charge in [0.25, 0.3) is 5.91 Å². The van der Waals surface area contributed by atoms with E-state index in [-0.39, 0.29) is 11.5 Å². The van der Waals surface area contributed by atoms with Crippen LogP contribution in [0.1, 0.15) is 40.7 Å². The first-order chi connectivity index (χ1) is 16.9. The van der Waals surface area contributed by atoms with E-state index in [0.717, 1.165) is 45.4 Å². The Balaban J connectivity index is 1.83. The average molecular weight is 490 g/mol. The largest absolute Gasteiger partial charge is 0.338 e. The number of rotatable bonds is 8. The highest BCUT2D eigenvalue weighted by atomic mass is 32.1. The molecule has 2 aromatic heterocycles. The van der Waals surface area contributed by atoms with Crippen LogP contribution in [0.2, 0.25) is 0 Å². The molecule has 0 spiro atoms. The zero-order valence-corrected chi connectivity index (χ0v) is 21.0. The van der Waals surface area contributed by atoms with Gasteiger partial charge in [-0.15, -0.1) is 11.3 Å². The van der Waals surface area contributed by atoms with Crippen LogP contribution in [0.3, 0.4) is 0 Å². The summed E-state index contributed by atoms with van der Waals surface area (Å²) >= 11 is 1.40. The van der Waals surface area contributed by atoms with Crippen molar-refractivity contribution in [3.63, 3.8) is 0 Å². The Morgan fingerprint density at radius 2 is 1.97 bits per heavy atom. The molecule has 0 aliphatic carbocycles. The predicted molar refractivity (Wildman–Crippen MR) is 139 cm³/mol. The van der Waals surface area contributed by atoms with Gasteiger partial charge < -0.3 is 10.6 Å². The summed E-state index contributed by atoms with van der Waals surface area (Å²) in [6.45, 7) is 5.81. The van der Waals surface area contributed by atoms with E-state index in [1.807, 2.05) is 54.7 Å². The molecule has 0 atom stereocenters. The van der Waals surface area contributed by atoms with Gasteiger partial charge in [0.2, 0.25) is 0 Å². The van der Waals surface area contributed by atoms with Crippen molar-refractivity contribution in [1.29, 1.82) is 5.26 Å². The lowest BCUT2D eigenvalue weighted by Gasteiger charge is -2.19. The van der Waals surface area contributed by atoms with Crippen molar-refractivity contribution in [3.05, 3.63) is 64.4 Å². The van der Waals surface area contributed by atoms with Gasteiger partial charge in [-0.3, -0.25) is 9.48 Å². The first-order valence-electron chi connectivity index (χ1n) is 11.6. The molecule has 1 amide bonds. The van der Waals surface area contributed by atoms with Gasteiger partial charge in [0.05, 0.1) is 16.0 Å². The Hall–Kier alpha value is -3.54. The minimum Gasteiger partial charge on any atom is -0.338 e. The van der Waals surface area contributed by atoms with E-state index in [0.29, 0.717) is 30.1 Å². The number of carbonyl (C=O) groups excluding carboxylic acids is 1. The minimum absolute atomic E-state index is 0.00806. The summed E-state index contributed by atoms with van der Waals surface area (Å²) in [4.78, 5) is 16.7. The van der Waals surface area contributed by atoms with E-state index in [1.165, 1.54) is 23.5 Å². The number of hydrogen-bond acceptors (Lipinski definition) is 5. The van der Waals surface area contributed by atoms with E-state index >= 15 is 0 Å². The third kappa shape index (κ3) is 4.83. The van der Waals surface area contributed by atoms with Gasteiger partial charge in [-0.2, -0.15) is 10.4 Å². The van der Waals surface area contributed by atoms with E-state index in [2.05, 4.69) is 11.2 Å². The van der Waals surface area contributed by atoms with Crippen LogP contribution in [0.25, 0.3) is 32.5 Å². The molecule has 0 fully saturated rings. The fraction of sp³-hybridized carbons (Fsp3) is 0.296. The van der Waals surface area contributed by atoms with Crippen LogP contribution in [0.15, 0.2) is 42.5 Å². The summed E-state index contributed by atoms with van der Waals surface area (Å²) < 4.78 is 16.4. The van der Waals surface area contributed by atoms with Crippen LogP contribution in [-0.4, -0.2) is 40.2 Å². The van der Waals surface area contributed by atoms with Gasteiger partial charge in [-0.25, -0.2) is 4.39 Å². The topological polar surface area (TPSA) is 87.9 Å². The van der Waals surface area contributed by atoms with Crippen molar-refractivity contribution >= 4 is 28.1 Å². The van der Waals surface area contributed by atoms with Crippen molar-refractivity contribution < 1.29 is 9.18 Å². The van der Waals surface area contributed by atoms with Crippen LogP contribution < -0.4 is 5.73 Å². The number of benzene rings is 2. The highest BCUT2D eigenvalue weighted by Gasteiger charge is 2.22. The van der Waals surface area contributed by atoms with Crippen molar-refractivity contribution in [3.8, 4) is 27.6 Å². The van der Waals surface area contributed by atoms with E-state index in [1.54, 1.807) is 6.07 Å². The summed E-state index contributed by atoms with van der Waals surface area (Å²) in [6.07, 6.45) is 1.71. The molecule has 0 unspecified atom stereocenters. The number of nitrogens with zero attached hydrogens (tertiary/aromatic N) is 4. The number of carbonyl (C=O) groups is 1. The van der Waals surface area contributed by atoms with E-state index < -0.39 is 5.82 Å². The van der Waals surface area contributed by atoms with Crippen LogP contribution >= 0.6 is 11.3 Å². The maximum atomic E-state index is 14.5. The van der Waals surface area contributed by atoms with Gasteiger partial charge in [0, 0.05) is 41.7 Å². The van der Waals surface area contributed by atoms with Crippen LogP contribution in [0, 0.1) is 24.1 Å². The van der Waals surface area contributed by atoms with Crippen molar-refractivity contribution in [1.82, 2.24) is 14.7 Å².